The van der Waals surface area contributed by atoms with Gasteiger partial charge in [0.25, 0.3) is 0 Å². The van der Waals surface area contributed by atoms with Crippen LogP contribution in [0.2, 0.25) is 0 Å². The third-order valence-electron chi connectivity index (χ3n) is 2.74. The van der Waals surface area contributed by atoms with Crippen LogP contribution in [0.3, 0.4) is 0 Å². The third kappa shape index (κ3) is 3.88. The van der Waals surface area contributed by atoms with Crippen molar-refractivity contribution in [3.63, 3.8) is 0 Å². The zero-order chi connectivity index (χ0) is 14.6. The van der Waals surface area contributed by atoms with E-state index in [1.54, 1.807) is 11.3 Å². The molecule has 7 heteroatoms. The number of hydrogen-bond donors (Lipinski definition) is 1. The molecule has 108 valence electrons. The summed E-state index contributed by atoms with van der Waals surface area (Å²) in [6.07, 6.45) is 0.273. The van der Waals surface area contributed by atoms with Gasteiger partial charge in [-0.05, 0) is 25.3 Å². The normalized spacial score (nSPS) is 11.6. The molecule has 0 saturated heterocycles. The average Bonchev–Trinajstić information content (AvgIpc) is 3.06. The zero-order valence-corrected chi connectivity index (χ0v) is 12.5. The monoisotopic (exact) mass is 295 g/mol. The molecule has 0 bridgehead atoms. The smallest absolute Gasteiger partial charge is 0.307 e. The molecule has 0 aromatic carbocycles. The summed E-state index contributed by atoms with van der Waals surface area (Å²) in [5, 5.41) is 9.10. The minimum atomic E-state index is -0.398. The number of nitrogens with one attached hydrogen (secondary N) is 1. The average molecular weight is 295 g/mol. The molecule has 2 aromatic rings. The van der Waals surface area contributed by atoms with E-state index in [0.717, 1.165) is 4.88 Å². The van der Waals surface area contributed by atoms with Gasteiger partial charge in [-0.25, -0.2) is 0 Å². The van der Waals surface area contributed by atoms with E-state index in [9.17, 15) is 4.79 Å². The molecular weight excluding hydrogens is 278 g/mol. The molecule has 0 fully saturated rings. The summed E-state index contributed by atoms with van der Waals surface area (Å²) in [7, 11) is 1.38. The van der Waals surface area contributed by atoms with Crippen LogP contribution in [0, 0.1) is 0 Å². The van der Waals surface area contributed by atoms with E-state index in [-0.39, 0.29) is 12.4 Å². The van der Waals surface area contributed by atoms with Crippen molar-refractivity contribution in [2.24, 2.45) is 0 Å². The van der Waals surface area contributed by atoms with Crippen molar-refractivity contribution < 1.29 is 14.1 Å². The first-order valence-electron chi connectivity index (χ1n) is 6.18. The number of hydrogen-bond acceptors (Lipinski definition) is 7. The SMILES string of the molecule is COC(=O)CC(C)(C)NCc1nc(-c2cccs2)no1. The van der Waals surface area contributed by atoms with E-state index in [4.69, 9.17) is 4.52 Å². The third-order valence-corrected chi connectivity index (χ3v) is 3.61. The highest BCUT2D eigenvalue weighted by Gasteiger charge is 2.23. The van der Waals surface area contributed by atoms with Gasteiger partial charge in [0, 0.05) is 5.54 Å². The van der Waals surface area contributed by atoms with Crippen LogP contribution in [0.4, 0.5) is 0 Å². The Kier molecular flexibility index (Phi) is 4.51. The van der Waals surface area contributed by atoms with E-state index in [1.165, 1.54) is 7.11 Å². The Balaban J connectivity index is 1.93. The molecule has 0 aliphatic heterocycles. The molecule has 6 nitrogen and oxygen atoms in total. The van der Waals surface area contributed by atoms with Crippen molar-refractivity contribution in [1.82, 2.24) is 15.5 Å². The number of ether oxygens (including phenoxy) is 1. The van der Waals surface area contributed by atoms with E-state index in [1.807, 2.05) is 31.4 Å². The summed E-state index contributed by atoms with van der Waals surface area (Å²) in [5.74, 6) is 0.821. The van der Waals surface area contributed by atoms with Crippen LogP contribution in [0.15, 0.2) is 22.0 Å². The highest BCUT2D eigenvalue weighted by molar-refractivity contribution is 7.13. The highest BCUT2D eigenvalue weighted by Crippen LogP contribution is 2.21. The van der Waals surface area contributed by atoms with Gasteiger partial charge in [0.15, 0.2) is 0 Å². The Labute approximate surface area is 121 Å². The summed E-state index contributed by atoms with van der Waals surface area (Å²) in [4.78, 5) is 16.6. The predicted octanol–water partition coefficient (Wildman–Crippen LogP) is 2.23. The molecule has 2 heterocycles. The van der Waals surface area contributed by atoms with Crippen molar-refractivity contribution >= 4 is 17.3 Å². The fraction of sp³-hybridized carbons (Fsp3) is 0.462. The number of esters is 1. The van der Waals surface area contributed by atoms with E-state index >= 15 is 0 Å². The Bertz CT molecular complexity index is 563. The van der Waals surface area contributed by atoms with Crippen molar-refractivity contribution in [2.75, 3.05) is 7.11 Å². The van der Waals surface area contributed by atoms with Gasteiger partial charge < -0.3 is 14.6 Å². The second-order valence-electron chi connectivity index (χ2n) is 4.98. The molecule has 20 heavy (non-hydrogen) atoms. The van der Waals surface area contributed by atoms with Crippen LogP contribution in [0.5, 0.6) is 0 Å². The topological polar surface area (TPSA) is 77.2 Å². The first-order chi connectivity index (χ1) is 9.50. The van der Waals surface area contributed by atoms with Crippen molar-refractivity contribution in [1.29, 1.82) is 0 Å². The molecule has 1 N–H and O–H groups in total. The zero-order valence-electron chi connectivity index (χ0n) is 11.7. The Morgan fingerprint density at radius 2 is 2.35 bits per heavy atom. The maximum absolute atomic E-state index is 11.3. The van der Waals surface area contributed by atoms with Gasteiger partial charge in [0.2, 0.25) is 11.7 Å². The lowest BCUT2D eigenvalue weighted by molar-refractivity contribution is -0.142. The van der Waals surface area contributed by atoms with E-state index < -0.39 is 5.54 Å². The lowest BCUT2D eigenvalue weighted by Crippen LogP contribution is -2.41. The molecule has 0 spiro atoms. The van der Waals surface area contributed by atoms with Gasteiger partial charge in [0.05, 0.1) is 25.0 Å². The number of rotatable bonds is 6. The highest BCUT2D eigenvalue weighted by atomic mass is 32.1. The molecule has 0 atom stereocenters. The number of aromatic nitrogens is 2. The van der Waals surface area contributed by atoms with Crippen LogP contribution in [0.1, 0.15) is 26.2 Å². The first-order valence-corrected chi connectivity index (χ1v) is 7.06. The first kappa shape index (κ1) is 14.7. The predicted molar refractivity (Wildman–Crippen MR) is 75.2 cm³/mol. The summed E-state index contributed by atoms with van der Waals surface area (Å²) in [6, 6.07) is 3.88. The molecule has 2 rings (SSSR count). The van der Waals surface area contributed by atoms with E-state index in [0.29, 0.717) is 18.3 Å². The number of nitrogens with zero attached hydrogens (tertiary/aromatic N) is 2. The number of methoxy groups -OCH3 is 1. The Hall–Kier alpha value is -1.73. The maximum Gasteiger partial charge on any atom is 0.307 e. The maximum atomic E-state index is 11.3. The van der Waals surface area contributed by atoms with Gasteiger partial charge in [0.1, 0.15) is 0 Å². The van der Waals surface area contributed by atoms with Crippen molar-refractivity contribution in [3.8, 4) is 10.7 Å². The van der Waals surface area contributed by atoms with E-state index in [2.05, 4.69) is 20.2 Å². The second kappa shape index (κ2) is 6.15. The van der Waals surface area contributed by atoms with Crippen LogP contribution in [0.25, 0.3) is 10.7 Å². The summed E-state index contributed by atoms with van der Waals surface area (Å²) < 4.78 is 9.84. The van der Waals surface area contributed by atoms with Gasteiger partial charge in [-0.15, -0.1) is 11.3 Å². The van der Waals surface area contributed by atoms with Gasteiger partial charge in [-0.3, -0.25) is 4.79 Å². The Morgan fingerprint density at radius 3 is 3.00 bits per heavy atom. The van der Waals surface area contributed by atoms with Crippen LogP contribution < -0.4 is 5.32 Å². The molecule has 0 unspecified atom stereocenters. The molecule has 2 aromatic heterocycles. The van der Waals surface area contributed by atoms with Gasteiger partial charge >= 0.3 is 5.97 Å². The summed E-state index contributed by atoms with van der Waals surface area (Å²) in [5.41, 5.74) is -0.398. The fourth-order valence-corrected chi connectivity index (χ4v) is 2.29. The lowest BCUT2D eigenvalue weighted by atomic mass is 10.0. The molecule has 0 aliphatic carbocycles. The summed E-state index contributed by atoms with van der Waals surface area (Å²) >= 11 is 1.56. The fourth-order valence-electron chi connectivity index (χ4n) is 1.64. The number of carbonyl (C=O) groups excluding carboxylic acids is 1. The molecule has 0 saturated carbocycles. The quantitative estimate of drug-likeness (QED) is 0.823. The van der Waals surface area contributed by atoms with Crippen molar-refractivity contribution in [2.45, 2.75) is 32.4 Å². The van der Waals surface area contributed by atoms with Crippen molar-refractivity contribution in [3.05, 3.63) is 23.4 Å². The number of thiophene rings is 1. The molecular formula is C13H17N3O3S. The largest absolute Gasteiger partial charge is 0.469 e. The summed E-state index contributed by atoms with van der Waals surface area (Å²) in [6.45, 7) is 4.24. The molecule has 0 radical (unpaired) electrons. The standard InChI is InChI=1S/C13H17N3O3S/c1-13(2,7-11(17)18-3)14-8-10-15-12(16-19-10)9-5-4-6-20-9/h4-6,14H,7-8H2,1-3H3. The Morgan fingerprint density at radius 1 is 1.55 bits per heavy atom. The minimum absolute atomic E-state index is 0.257. The number of carbonyl (C=O) groups is 1. The van der Waals surface area contributed by atoms with Crippen LogP contribution >= 0.6 is 11.3 Å². The van der Waals surface area contributed by atoms with Crippen LogP contribution in [-0.2, 0) is 16.1 Å². The second-order valence-corrected chi connectivity index (χ2v) is 5.93. The lowest BCUT2D eigenvalue weighted by Gasteiger charge is -2.23. The molecule has 0 aliphatic rings. The molecule has 0 amide bonds. The minimum Gasteiger partial charge on any atom is -0.469 e. The van der Waals surface area contributed by atoms with Crippen LogP contribution in [-0.4, -0.2) is 28.8 Å². The van der Waals surface area contributed by atoms with Gasteiger partial charge in [-0.1, -0.05) is 11.2 Å². The van der Waals surface area contributed by atoms with Gasteiger partial charge in [-0.2, -0.15) is 4.98 Å².